The molecule has 0 spiro atoms. The fourth-order valence-electron chi connectivity index (χ4n) is 1.80. The highest BCUT2D eigenvalue weighted by molar-refractivity contribution is 5.44. The summed E-state index contributed by atoms with van der Waals surface area (Å²) in [7, 11) is 0. The number of hydrogen-bond donors (Lipinski definition) is 1. The van der Waals surface area contributed by atoms with Gasteiger partial charge in [0.2, 0.25) is 0 Å². The lowest BCUT2D eigenvalue weighted by Gasteiger charge is -2.13. The molecule has 0 saturated carbocycles. The van der Waals surface area contributed by atoms with E-state index < -0.39 is 0 Å². The molecule has 0 heterocycles. The quantitative estimate of drug-likeness (QED) is 0.870. The van der Waals surface area contributed by atoms with Gasteiger partial charge in [0.05, 0.1) is 6.61 Å². The van der Waals surface area contributed by atoms with Gasteiger partial charge in [0.25, 0.3) is 0 Å². The molecule has 2 nitrogen and oxygen atoms in total. The molecule has 0 fully saturated rings. The molecule has 88 valence electrons. The minimum absolute atomic E-state index is 0.0128. The molecule has 0 aliphatic heterocycles. The number of aliphatic hydroxyl groups is 1. The minimum Gasteiger partial charge on any atom is -0.456 e. The first-order chi connectivity index (χ1) is 8.22. The number of rotatable bonds is 3. The molecular weight excluding hydrogens is 212 g/mol. The zero-order valence-corrected chi connectivity index (χ0v) is 10.1. The summed E-state index contributed by atoms with van der Waals surface area (Å²) in [6.07, 6.45) is 0. The van der Waals surface area contributed by atoms with Gasteiger partial charge >= 0.3 is 0 Å². The van der Waals surface area contributed by atoms with E-state index in [4.69, 9.17) is 4.74 Å². The van der Waals surface area contributed by atoms with Crippen molar-refractivity contribution >= 4 is 0 Å². The van der Waals surface area contributed by atoms with Crippen LogP contribution in [0.1, 0.15) is 16.7 Å². The summed E-state index contributed by atoms with van der Waals surface area (Å²) in [6.45, 7) is 4.02. The van der Waals surface area contributed by atoms with E-state index in [1.165, 1.54) is 0 Å². The van der Waals surface area contributed by atoms with Crippen molar-refractivity contribution in [2.45, 2.75) is 20.5 Å². The lowest BCUT2D eigenvalue weighted by molar-refractivity contribution is 0.276. The number of para-hydroxylation sites is 2. The maximum absolute atomic E-state index is 9.26. The second-order valence-electron chi connectivity index (χ2n) is 4.09. The molecule has 0 saturated heterocycles. The monoisotopic (exact) mass is 228 g/mol. The lowest BCUT2D eigenvalue weighted by Crippen LogP contribution is -1.94. The van der Waals surface area contributed by atoms with E-state index in [1.54, 1.807) is 0 Å². The van der Waals surface area contributed by atoms with Crippen molar-refractivity contribution in [3.8, 4) is 11.5 Å². The molecule has 0 atom stereocenters. The second-order valence-corrected chi connectivity index (χ2v) is 4.09. The van der Waals surface area contributed by atoms with Gasteiger partial charge in [0.1, 0.15) is 11.5 Å². The van der Waals surface area contributed by atoms with E-state index in [2.05, 4.69) is 0 Å². The van der Waals surface area contributed by atoms with Gasteiger partial charge in [-0.3, -0.25) is 0 Å². The Morgan fingerprint density at radius 1 is 0.941 bits per heavy atom. The van der Waals surface area contributed by atoms with E-state index >= 15 is 0 Å². The van der Waals surface area contributed by atoms with Gasteiger partial charge in [-0.15, -0.1) is 0 Å². The molecule has 0 amide bonds. The Balaban J connectivity index is 2.38. The maximum atomic E-state index is 9.26. The highest BCUT2D eigenvalue weighted by Gasteiger charge is 2.07. The van der Waals surface area contributed by atoms with Gasteiger partial charge in [-0.2, -0.15) is 0 Å². The number of aliphatic hydroxyl groups excluding tert-OH is 1. The Labute approximate surface area is 101 Å². The van der Waals surface area contributed by atoms with E-state index in [-0.39, 0.29) is 6.61 Å². The predicted octanol–water partition coefficient (Wildman–Crippen LogP) is 3.59. The highest BCUT2D eigenvalue weighted by Crippen LogP contribution is 2.30. The average molecular weight is 228 g/mol. The maximum Gasteiger partial charge on any atom is 0.133 e. The summed E-state index contributed by atoms with van der Waals surface area (Å²) in [6, 6.07) is 13.6. The molecular formula is C15H16O2. The first-order valence-corrected chi connectivity index (χ1v) is 5.65. The molecule has 2 heteroatoms. The van der Waals surface area contributed by atoms with Gasteiger partial charge in [-0.05, 0) is 31.0 Å². The second kappa shape index (κ2) is 5.02. The third-order valence-electron chi connectivity index (χ3n) is 2.76. The third-order valence-corrected chi connectivity index (χ3v) is 2.76. The lowest BCUT2D eigenvalue weighted by atomic mass is 10.1. The van der Waals surface area contributed by atoms with Crippen LogP contribution in [0.2, 0.25) is 0 Å². The van der Waals surface area contributed by atoms with Crippen LogP contribution in [0.15, 0.2) is 42.5 Å². The predicted molar refractivity (Wildman–Crippen MR) is 68.4 cm³/mol. The number of benzene rings is 2. The fourth-order valence-corrected chi connectivity index (χ4v) is 1.80. The Morgan fingerprint density at radius 2 is 1.59 bits per heavy atom. The first kappa shape index (κ1) is 11.7. The third kappa shape index (κ3) is 2.48. The fraction of sp³-hybridized carbons (Fsp3) is 0.200. The topological polar surface area (TPSA) is 29.5 Å². The van der Waals surface area contributed by atoms with Crippen LogP contribution in [0, 0.1) is 13.8 Å². The van der Waals surface area contributed by atoms with Crippen molar-refractivity contribution in [2.75, 3.05) is 0 Å². The molecule has 2 rings (SSSR count). The Kier molecular flexibility index (Phi) is 3.45. The van der Waals surface area contributed by atoms with Crippen LogP contribution in [-0.4, -0.2) is 5.11 Å². The van der Waals surface area contributed by atoms with Crippen molar-refractivity contribution in [1.29, 1.82) is 0 Å². The molecule has 0 unspecified atom stereocenters. The van der Waals surface area contributed by atoms with Crippen molar-refractivity contribution in [3.63, 3.8) is 0 Å². The highest BCUT2D eigenvalue weighted by atomic mass is 16.5. The summed E-state index contributed by atoms with van der Waals surface area (Å²) in [5.41, 5.74) is 2.99. The molecule has 2 aromatic rings. The van der Waals surface area contributed by atoms with E-state index in [9.17, 15) is 5.11 Å². The number of hydrogen-bond acceptors (Lipinski definition) is 2. The van der Waals surface area contributed by atoms with Crippen LogP contribution in [0.3, 0.4) is 0 Å². The minimum atomic E-state index is -0.0128. The van der Waals surface area contributed by atoms with Gasteiger partial charge < -0.3 is 9.84 Å². The van der Waals surface area contributed by atoms with Crippen LogP contribution in [0.25, 0.3) is 0 Å². The van der Waals surface area contributed by atoms with Crippen LogP contribution in [-0.2, 0) is 6.61 Å². The van der Waals surface area contributed by atoms with E-state index in [0.29, 0.717) is 5.75 Å². The van der Waals surface area contributed by atoms with Gasteiger partial charge in [0, 0.05) is 5.56 Å². The molecule has 1 N–H and O–H groups in total. The molecule has 0 radical (unpaired) electrons. The zero-order valence-electron chi connectivity index (χ0n) is 10.1. The van der Waals surface area contributed by atoms with E-state index in [1.807, 2.05) is 56.3 Å². The standard InChI is InChI=1S/C15H16O2/c1-11-6-5-7-12(2)15(11)17-14-9-4-3-8-13(14)10-16/h3-9,16H,10H2,1-2H3. The largest absolute Gasteiger partial charge is 0.456 e. The van der Waals surface area contributed by atoms with Crippen LogP contribution in [0.5, 0.6) is 11.5 Å². The molecule has 0 bridgehead atoms. The molecule has 2 aromatic carbocycles. The smallest absolute Gasteiger partial charge is 0.133 e. The molecule has 17 heavy (non-hydrogen) atoms. The van der Waals surface area contributed by atoms with Crippen molar-refractivity contribution in [3.05, 3.63) is 59.2 Å². The molecule has 0 aliphatic carbocycles. The summed E-state index contributed by atoms with van der Waals surface area (Å²) in [4.78, 5) is 0. The van der Waals surface area contributed by atoms with Crippen LogP contribution < -0.4 is 4.74 Å². The van der Waals surface area contributed by atoms with Crippen LogP contribution >= 0.6 is 0 Å². The SMILES string of the molecule is Cc1cccc(C)c1Oc1ccccc1CO. The van der Waals surface area contributed by atoms with Crippen molar-refractivity contribution < 1.29 is 9.84 Å². The molecule has 0 aromatic heterocycles. The number of ether oxygens (including phenoxy) is 1. The van der Waals surface area contributed by atoms with E-state index in [0.717, 1.165) is 22.4 Å². The Bertz CT molecular complexity index is 498. The summed E-state index contributed by atoms with van der Waals surface area (Å²) < 4.78 is 5.90. The normalized spacial score (nSPS) is 10.3. The summed E-state index contributed by atoms with van der Waals surface area (Å²) in [5, 5.41) is 9.26. The number of aryl methyl sites for hydroxylation is 2. The van der Waals surface area contributed by atoms with Crippen LogP contribution in [0.4, 0.5) is 0 Å². The molecule has 0 aliphatic rings. The summed E-state index contributed by atoms with van der Waals surface area (Å²) >= 11 is 0. The van der Waals surface area contributed by atoms with Crippen molar-refractivity contribution in [1.82, 2.24) is 0 Å². The summed E-state index contributed by atoms with van der Waals surface area (Å²) in [5.74, 6) is 1.58. The Hall–Kier alpha value is -1.80. The average Bonchev–Trinajstić information content (AvgIpc) is 2.34. The van der Waals surface area contributed by atoms with Gasteiger partial charge in [0.15, 0.2) is 0 Å². The van der Waals surface area contributed by atoms with Crippen molar-refractivity contribution in [2.24, 2.45) is 0 Å². The first-order valence-electron chi connectivity index (χ1n) is 5.65. The zero-order chi connectivity index (χ0) is 12.3. The van der Waals surface area contributed by atoms with Gasteiger partial charge in [-0.25, -0.2) is 0 Å². The van der Waals surface area contributed by atoms with Gasteiger partial charge in [-0.1, -0.05) is 36.4 Å². The Morgan fingerprint density at radius 3 is 2.24 bits per heavy atom.